The zero-order valence-corrected chi connectivity index (χ0v) is 10.2. The van der Waals surface area contributed by atoms with Crippen molar-refractivity contribution in [2.24, 2.45) is 0 Å². The van der Waals surface area contributed by atoms with Crippen LogP contribution in [0.3, 0.4) is 0 Å². The van der Waals surface area contributed by atoms with E-state index >= 15 is 0 Å². The molecule has 0 atom stereocenters. The Morgan fingerprint density at radius 3 is 2.14 bits per heavy atom. The van der Waals surface area contributed by atoms with Crippen molar-refractivity contribution in [2.75, 3.05) is 13.7 Å². The molecule has 0 aliphatic heterocycles. The highest BCUT2D eigenvalue weighted by Crippen LogP contribution is 2.14. The number of aliphatic hydroxyl groups is 1. The molecule has 0 fully saturated rings. The molecule has 0 saturated heterocycles. The average molecular weight is 224 g/mol. The summed E-state index contributed by atoms with van der Waals surface area (Å²) >= 11 is 0. The molecule has 2 N–H and O–H groups in total. The van der Waals surface area contributed by atoms with E-state index in [9.17, 15) is 8.42 Å². The lowest BCUT2D eigenvalue weighted by Crippen LogP contribution is -2.53. The van der Waals surface area contributed by atoms with E-state index in [0.717, 1.165) is 4.31 Å². The molecule has 14 heavy (non-hydrogen) atoms. The molecule has 5 nitrogen and oxygen atoms in total. The summed E-state index contributed by atoms with van der Waals surface area (Å²) in [5.74, 6) is 0. The van der Waals surface area contributed by atoms with E-state index in [4.69, 9.17) is 5.11 Å². The predicted molar refractivity (Wildman–Crippen MR) is 56.1 cm³/mol. The van der Waals surface area contributed by atoms with Gasteiger partial charge in [-0.2, -0.15) is 17.4 Å². The van der Waals surface area contributed by atoms with Crippen molar-refractivity contribution in [3.63, 3.8) is 0 Å². The normalized spacial score (nSPS) is 14.0. The van der Waals surface area contributed by atoms with Crippen LogP contribution >= 0.6 is 0 Å². The van der Waals surface area contributed by atoms with Gasteiger partial charge in [0.25, 0.3) is 10.2 Å². The highest BCUT2D eigenvalue weighted by Gasteiger charge is 2.32. The first-order chi connectivity index (χ1) is 6.13. The third kappa shape index (κ3) is 3.53. The van der Waals surface area contributed by atoms with Crippen molar-refractivity contribution >= 4 is 10.2 Å². The Hall–Kier alpha value is -0.170. The highest BCUT2D eigenvalue weighted by atomic mass is 32.2. The largest absolute Gasteiger partial charge is 0.394 e. The first kappa shape index (κ1) is 13.8. The van der Waals surface area contributed by atoms with Gasteiger partial charge in [-0.25, -0.2) is 0 Å². The number of aliphatic hydroxyl groups excluding tert-OH is 1. The molecule has 0 rings (SSSR count). The fourth-order valence-corrected chi connectivity index (χ4v) is 2.26. The van der Waals surface area contributed by atoms with Gasteiger partial charge in [0, 0.05) is 13.1 Å². The Kier molecular flexibility index (Phi) is 4.51. The van der Waals surface area contributed by atoms with Crippen LogP contribution in [0.4, 0.5) is 0 Å². The molecule has 0 spiro atoms. The summed E-state index contributed by atoms with van der Waals surface area (Å²) in [6.45, 7) is 6.59. The van der Waals surface area contributed by atoms with Gasteiger partial charge in [-0.3, -0.25) is 0 Å². The van der Waals surface area contributed by atoms with Crippen LogP contribution in [0.2, 0.25) is 0 Å². The summed E-state index contributed by atoms with van der Waals surface area (Å²) in [4.78, 5) is 0. The molecule has 0 saturated carbocycles. The number of rotatable bonds is 5. The molecule has 0 aromatic carbocycles. The van der Waals surface area contributed by atoms with E-state index in [-0.39, 0.29) is 12.6 Å². The first-order valence-electron chi connectivity index (χ1n) is 4.50. The summed E-state index contributed by atoms with van der Waals surface area (Å²) in [5, 5.41) is 9.03. The summed E-state index contributed by atoms with van der Waals surface area (Å²) in [6, 6.07) is -0.156. The smallest absolute Gasteiger partial charge is 0.279 e. The lowest BCUT2D eigenvalue weighted by Gasteiger charge is -2.33. The Labute approximate surface area is 86.3 Å². The number of likely N-dealkylation sites (N-methyl/N-ethyl adjacent to an activating group) is 1. The quantitative estimate of drug-likeness (QED) is 0.687. The first-order valence-corrected chi connectivity index (χ1v) is 5.94. The topological polar surface area (TPSA) is 69.6 Å². The molecular weight excluding hydrogens is 204 g/mol. The molecule has 0 bridgehead atoms. The minimum absolute atomic E-state index is 0.156. The minimum atomic E-state index is -3.51. The second-order valence-electron chi connectivity index (χ2n) is 4.22. The van der Waals surface area contributed by atoms with E-state index in [1.54, 1.807) is 27.7 Å². The fraction of sp³-hybridized carbons (Fsp3) is 1.00. The van der Waals surface area contributed by atoms with Gasteiger partial charge in [0.2, 0.25) is 0 Å². The summed E-state index contributed by atoms with van der Waals surface area (Å²) in [7, 11) is -2.06. The zero-order valence-electron chi connectivity index (χ0n) is 9.40. The average Bonchev–Trinajstić information content (AvgIpc) is 2.00. The van der Waals surface area contributed by atoms with Crippen LogP contribution in [-0.4, -0.2) is 43.1 Å². The minimum Gasteiger partial charge on any atom is -0.394 e. The molecule has 0 radical (unpaired) electrons. The summed E-state index contributed by atoms with van der Waals surface area (Å²) in [5.41, 5.74) is -0.791. The van der Waals surface area contributed by atoms with Crippen LogP contribution < -0.4 is 4.72 Å². The third-order valence-electron chi connectivity index (χ3n) is 1.98. The van der Waals surface area contributed by atoms with Crippen LogP contribution in [0.15, 0.2) is 0 Å². The van der Waals surface area contributed by atoms with Crippen LogP contribution in [0, 0.1) is 0 Å². The van der Waals surface area contributed by atoms with Gasteiger partial charge in [0.1, 0.15) is 0 Å². The predicted octanol–water partition coefficient (Wildman–Crippen LogP) is -0.0681. The van der Waals surface area contributed by atoms with E-state index in [1.807, 2.05) is 0 Å². The summed E-state index contributed by atoms with van der Waals surface area (Å²) < 4.78 is 26.9. The standard InChI is InChI=1S/C8H20N2O3S/c1-7(2)9-14(12,13)10(5)8(3,4)6-11/h7,9,11H,6H2,1-5H3. The lowest BCUT2D eigenvalue weighted by atomic mass is 10.1. The van der Waals surface area contributed by atoms with Crippen LogP contribution in [0.25, 0.3) is 0 Å². The monoisotopic (exact) mass is 224 g/mol. The van der Waals surface area contributed by atoms with Gasteiger partial charge < -0.3 is 5.11 Å². The molecule has 0 aliphatic rings. The zero-order chi connectivity index (χ0) is 11.6. The van der Waals surface area contributed by atoms with Gasteiger partial charge in [0.15, 0.2) is 0 Å². The van der Waals surface area contributed by atoms with E-state index < -0.39 is 15.7 Å². The van der Waals surface area contributed by atoms with Gasteiger partial charge in [-0.15, -0.1) is 0 Å². The van der Waals surface area contributed by atoms with E-state index in [1.165, 1.54) is 7.05 Å². The molecule has 0 aromatic heterocycles. The molecule has 0 aromatic rings. The second kappa shape index (κ2) is 4.57. The van der Waals surface area contributed by atoms with Crippen molar-refractivity contribution in [1.29, 1.82) is 0 Å². The highest BCUT2D eigenvalue weighted by molar-refractivity contribution is 7.87. The molecule has 0 unspecified atom stereocenters. The Morgan fingerprint density at radius 2 is 1.86 bits per heavy atom. The third-order valence-corrected chi connectivity index (χ3v) is 3.97. The van der Waals surface area contributed by atoms with Crippen LogP contribution in [0.1, 0.15) is 27.7 Å². The molecule has 0 heterocycles. The van der Waals surface area contributed by atoms with Gasteiger partial charge in [-0.1, -0.05) is 0 Å². The van der Waals surface area contributed by atoms with Gasteiger partial charge in [0.05, 0.1) is 12.1 Å². The number of hydrogen-bond acceptors (Lipinski definition) is 3. The van der Waals surface area contributed by atoms with Crippen molar-refractivity contribution < 1.29 is 13.5 Å². The van der Waals surface area contributed by atoms with Crippen molar-refractivity contribution in [1.82, 2.24) is 9.03 Å². The SMILES string of the molecule is CC(C)NS(=O)(=O)N(C)C(C)(C)CO. The maximum atomic E-state index is 11.7. The number of nitrogens with one attached hydrogen (secondary N) is 1. The molecule has 0 aliphatic carbocycles. The second-order valence-corrected chi connectivity index (χ2v) is 5.95. The maximum absolute atomic E-state index is 11.7. The maximum Gasteiger partial charge on any atom is 0.279 e. The van der Waals surface area contributed by atoms with Crippen LogP contribution in [-0.2, 0) is 10.2 Å². The molecule has 6 heteroatoms. The summed E-state index contributed by atoms with van der Waals surface area (Å²) in [6.07, 6.45) is 0. The van der Waals surface area contributed by atoms with Gasteiger partial charge in [-0.05, 0) is 27.7 Å². The van der Waals surface area contributed by atoms with Crippen molar-refractivity contribution in [2.45, 2.75) is 39.3 Å². The number of nitrogens with zero attached hydrogens (tertiary/aromatic N) is 1. The van der Waals surface area contributed by atoms with E-state index in [2.05, 4.69) is 4.72 Å². The molecular formula is C8H20N2O3S. The van der Waals surface area contributed by atoms with E-state index in [0.29, 0.717) is 0 Å². The Bertz CT molecular complexity index is 272. The van der Waals surface area contributed by atoms with Crippen molar-refractivity contribution in [3.8, 4) is 0 Å². The Balaban J connectivity index is 4.76. The fourth-order valence-electron chi connectivity index (χ4n) is 0.802. The number of hydrogen-bond donors (Lipinski definition) is 2. The molecule has 86 valence electrons. The van der Waals surface area contributed by atoms with Gasteiger partial charge >= 0.3 is 0 Å². The van der Waals surface area contributed by atoms with Crippen LogP contribution in [0.5, 0.6) is 0 Å². The Morgan fingerprint density at radius 1 is 1.43 bits per heavy atom. The lowest BCUT2D eigenvalue weighted by molar-refractivity contribution is 0.136. The molecule has 0 amide bonds. The van der Waals surface area contributed by atoms with Crippen molar-refractivity contribution in [3.05, 3.63) is 0 Å².